The van der Waals surface area contributed by atoms with Crippen LogP contribution in [-0.4, -0.2) is 12.0 Å². The summed E-state index contributed by atoms with van der Waals surface area (Å²) in [5, 5.41) is 3.69. The summed E-state index contributed by atoms with van der Waals surface area (Å²) in [7, 11) is 1.82. The van der Waals surface area contributed by atoms with Gasteiger partial charge in [-0.15, -0.1) is 0 Å². The van der Waals surface area contributed by atoms with Crippen LogP contribution in [0.15, 0.2) is 36.4 Å². The summed E-state index contributed by atoms with van der Waals surface area (Å²) in [5.41, 5.74) is 0.980. The van der Waals surface area contributed by atoms with E-state index in [2.05, 4.69) is 10.3 Å². The maximum absolute atomic E-state index is 5.95. The van der Waals surface area contributed by atoms with Crippen LogP contribution in [0.1, 0.15) is 5.56 Å². The van der Waals surface area contributed by atoms with Crippen molar-refractivity contribution in [2.75, 3.05) is 12.4 Å². The fraction of sp³-hybridized carbons (Fsp3) is 0.154. The zero-order valence-electron chi connectivity index (χ0n) is 9.70. The van der Waals surface area contributed by atoms with Crippen molar-refractivity contribution in [2.45, 2.75) is 6.92 Å². The van der Waals surface area contributed by atoms with Gasteiger partial charge in [0.05, 0.1) is 0 Å². The number of hydrogen-bond donors (Lipinski definition) is 1. The first-order valence-corrected chi connectivity index (χ1v) is 5.65. The van der Waals surface area contributed by atoms with Gasteiger partial charge in [-0.1, -0.05) is 17.7 Å². The Morgan fingerprint density at radius 2 is 2.06 bits per heavy atom. The minimum Gasteiger partial charge on any atom is -0.439 e. The van der Waals surface area contributed by atoms with E-state index in [0.29, 0.717) is 5.88 Å². The lowest BCUT2D eigenvalue weighted by Gasteiger charge is -2.07. The molecular formula is C13H13ClN2O. The van der Waals surface area contributed by atoms with Crippen LogP contribution >= 0.6 is 11.6 Å². The topological polar surface area (TPSA) is 34.1 Å². The van der Waals surface area contributed by atoms with Gasteiger partial charge in [0.2, 0.25) is 5.88 Å². The number of anilines is 1. The van der Waals surface area contributed by atoms with Gasteiger partial charge < -0.3 is 10.1 Å². The smallest absolute Gasteiger partial charge is 0.221 e. The number of pyridine rings is 1. The summed E-state index contributed by atoms with van der Waals surface area (Å²) in [5.74, 6) is 2.06. The quantitative estimate of drug-likeness (QED) is 0.895. The fourth-order valence-corrected chi connectivity index (χ4v) is 1.53. The highest BCUT2D eigenvalue weighted by molar-refractivity contribution is 6.31. The Labute approximate surface area is 105 Å². The van der Waals surface area contributed by atoms with E-state index in [9.17, 15) is 0 Å². The van der Waals surface area contributed by atoms with Crippen LogP contribution in [0.25, 0.3) is 0 Å². The number of ether oxygens (including phenoxy) is 1. The number of nitrogens with one attached hydrogen (secondary N) is 1. The van der Waals surface area contributed by atoms with Gasteiger partial charge in [0, 0.05) is 18.1 Å². The van der Waals surface area contributed by atoms with Crippen molar-refractivity contribution in [3.8, 4) is 11.6 Å². The van der Waals surface area contributed by atoms with Gasteiger partial charge in [-0.3, -0.25) is 0 Å². The van der Waals surface area contributed by atoms with Crippen LogP contribution in [0.2, 0.25) is 5.02 Å². The van der Waals surface area contributed by atoms with E-state index in [1.165, 1.54) is 0 Å². The molecule has 2 rings (SSSR count). The van der Waals surface area contributed by atoms with Gasteiger partial charge in [-0.05, 0) is 36.8 Å². The molecule has 0 fully saturated rings. The van der Waals surface area contributed by atoms with Crippen LogP contribution in [0.4, 0.5) is 5.82 Å². The number of hydrogen-bond acceptors (Lipinski definition) is 3. The second kappa shape index (κ2) is 5.06. The highest BCUT2D eigenvalue weighted by Crippen LogP contribution is 2.25. The second-order valence-corrected chi connectivity index (χ2v) is 4.03. The molecule has 0 atom stereocenters. The summed E-state index contributed by atoms with van der Waals surface area (Å²) < 4.78 is 5.65. The van der Waals surface area contributed by atoms with Crippen molar-refractivity contribution >= 4 is 17.4 Å². The minimum atomic E-state index is 0.554. The van der Waals surface area contributed by atoms with Crippen molar-refractivity contribution in [3.05, 3.63) is 47.0 Å². The Kier molecular flexibility index (Phi) is 3.49. The van der Waals surface area contributed by atoms with E-state index in [4.69, 9.17) is 16.3 Å². The van der Waals surface area contributed by atoms with Crippen LogP contribution in [-0.2, 0) is 0 Å². The summed E-state index contributed by atoms with van der Waals surface area (Å²) in [6.45, 7) is 1.94. The molecule has 1 heterocycles. The highest BCUT2D eigenvalue weighted by atomic mass is 35.5. The Morgan fingerprint density at radius 1 is 1.24 bits per heavy atom. The van der Waals surface area contributed by atoms with Crippen molar-refractivity contribution in [1.82, 2.24) is 4.98 Å². The average Bonchev–Trinajstić information content (AvgIpc) is 2.34. The fourth-order valence-electron chi connectivity index (χ4n) is 1.41. The molecule has 0 unspecified atom stereocenters. The number of benzene rings is 1. The Morgan fingerprint density at radius 3 is 2.76 bits per heavy atom. The summed E-state index contributed by atoms with van der Waals surface area (Å²) in [6, 6.07) is 11.1. The van der Waals surface area contributed by atoms with Gasteiger partial charge in [0.25, 0.3) is 0 Å². The Balaban J connectivity index is 2.22. The molecule has 2 aromatic rings. The molecular weight excluding hydrogens is 236 g/mol. The molecule has 0 bridgehead atoms. The van der Waals surface area contributed by atoms with E-state index < -0.39 is 0 Å². The third kappa shape index (κ3) is 2.88. The average molecular weight is 249 g/mol. The summed E-state index contributed by atoms with van der Waals surface area (Å²) in [6.07, 6.45) is 0. The lowest BCUT2D eigenvalue weighted by Crippen LogP contribution is -1.94. The first kappa shape index (κ1) is 11.7. The molecule has 0 aliphatic carbocycles. The van der Waals surface area contributed by atoms with Gasteiger partial charge in [-0.25, -0.2) is 0 Å². The predicted octanol–water partition coefficient (Wildman–Crippen LogP) is 3.88. The molecule has 0 spiro atoms. The van der Waals surface area contributed by atoms with Crippen LogP contribution in [0.5, 0.6) is 11.6 Å². The van der Waals surface area contributed by atoms with Crippen LogP contribution in [0.3, 0.4) is 0 Å². The van der Waals surface area contributed by atoms with E-state index in [1.54, 1.807) is 0 Å². The Hall–Kier alpha value is -1.74. The molecule has 1 N–H and O–H groups in total. The highest BCUT2D eigenvalue weighted by Gasteiger charge is 2.02. The summed E-state index contributed by atoms with van der Waals surface area (Å²) >= 11 is 5.95. The van der Waals surface area contributed by atoms with Crippen molar-refractivity contribution in [3.63, 3.8) is 0 Å². The molecule has 4 heteroatoms. The number of aryl methyl sites for hydroxylation is 1. The van der Waals surface area contributed by atoms with Crippen molar-refractivity contribution in [2.24, 2.45) is 0 Å². The molecule has 0 saturated heterocycles. The van der Waals surface area contributed by atoms with Gasteiger partial charge in [-0.2, -0.15) is 4.98 Å². The molecule has 1 aromatic carbocycles. The van der Waals surface area contributed by atoms with Gasteiger partial charge in [0.1, 0.15) is 11.6 Å². The molecule has 0 amide bonds. The van der Waals surface area contributed by atoms with E-state index in [1.807, 2.05) is 50.4 Å². The zero-order chi connectivity index (χ0) is 12.3. The van der Waals surface area contributed by atoms with E-state index >= 15 is 0 Å². The van der Waals surface area contributed by atoms with Gasteiger partial charge >= 0.3 is 0 Å². The SMILES string of the molecule is CNc1cccc(Oc2ccc(Cl)c(C)c2)n1. The maximum atomic E-state index is 5.95. The first-order chi connectivity index (χ1) is 8.19. The first-order valence-electron chi connectivity index (χ1n) is 5.28. The molecule has 0 aliphatic rings. The summed E-state index contributed by atoms with van der Waals surface area (Å²) in [4.78, 5) is 4.27. The third-order valence-electron chi connectivity index (χ3n) is 2.33. The maximum Gasteiger partial charge on any atom is 0.221 e. The molecule has 0 radical (unpaired) electrons. The lowest BCUT2D eigenvalue weighted by atomic mass is 10.2. The Bertz CT molecular complexity index is 529. The largest absolute Gasteiger partial charge is 0.439 e. The normalized spacial score (nSPS) is 10.1. The number of nitrogens with zero attached hydrogens (tertiary/aromatic N) is 1. The van der Waals surface area contributed by atoms with Crippen LogP contribution in [0, 0.1) is 6.92 Å². The standard InChI is InChI=1S/C13H13ClN2O/c1-9-8-10(6-7-11(9)14)17-13-5-3-4-12(15-2)16-13/h3-8H,1-2H3,(H,15,16). The van der Waals surface area contributed by atoms with Crippen molar-refractivity contribution in [1.29, 1.82) is 0 Å². The second-order valence-electron chi connectivity index (χ2n) is 3.62. The number of rotatable bonds is 3. The third-order valence-corrected chi connectivity index (χ3v) is 2.76. The molecule has 0 aliphatic heterocycles. The molecule has 17 heavy (non-hydrogen) atoms. The van der Waals surface area contributed by atoms with E-state index in [0.717, 1.165) is 22.2 Å². The van der Waals surface area contributed by atoms with E-state index in [-0.39, 0.29) is 0 Å². The van der Waals surface area contributed by atoms with Crippen molar-refractivity contribution < 1.29 is 4.74 Å². The number of aromatic nitrogens is 1. The zero-order valence-corrected chi connectivity index (χ0v) is 10.5. The monoisotopic (exact) mass is 248 g/mol. The molecule has 3 nitrogen and oxygen atoms in total. The molecule has 1 aromatic heterocycles. The molecule has 0 saturated carbocycles. The van der Waals surface area contributed by atoms with Crippen LogP contribution < -0.4 is 10.1 Å². The predicted molar refractivity (Wildman–Crippen MR) is 70.0 cm³/mol. The number of halogens is 1. The lowest BCUT2D eigenvalue weighted by molar-refractivity contribution is 0.463. The minimum absolute atomic E-state index is 0.554. The van der Waals surface area contributed by atoms with Gasteiger partial charge in [0.15, 0.2) is 0 Å². The molecule has 88 valence electrons.